The second-order valence-corrected chi connectivity index (χ2v) is 8.12. The number of sulfone groups is 1. The summed E-state index contributed by atoms with van der Waals surface area (Å²) in [5.41, 5.74) is 1.08. The van der Waals surface area contributed by atoms with Crippen LogP contribution < -0.4 is 14.8 Å². The molecule has 1 aliphatic heterocycles. The molecule has 7 heteroatoms. The smallest absolute Gasteiger partial charge is 0.175 e. The maximum absolute atomic E-state index is 11.5. The molecule has 21 heavy (non-hydrogen) atoms. The Morgan fingerprint density at radius 3 is 2.76 bits per heavy atom. The summed E-state index contributed by atoms with van der Waals surface area (Å²) < 4.78 is 35.0. The molecule has 0 radical (unpaired) electrons. The number of rotatable bonds is 6. The Bertz CT molecular complexity index is 603. The molecular weight excluding hydrogens is 358 g/mol. The van der Waals surface area contributed by atoms with Crippen LogP contribution in [0.25, 0.3) is 0 Å². The summed E-state index contributed by atoms with van der Waals surface area (Å²) in [6.07, 6.45) is 0.219. The summed E-state index contributed by atoms with van der Waals surface area (Å²) in [5.74, 6) is 1.44. The lowest BCUT2D eigenvalue weighted by atomic mass is 10.2. The Labute approximate surface area is 134 Å². The molecule has 0 saturated carbocycles. The van der Waals surface area contributed by atoms with Gasteiger partial charge in [0, 0.05) is 6.54 Å². The summed E-state index contributed by atoms with van der Waals surface area (Å²) in [6.45, 7) is 3.67. The second kappa shape index (κ2) is 6.98. The molecule has 1 aromatic rings. The fourth-order valence-electron chi connectivity index (χ4n) is 2.28. The largest absolute Gasteiger partial charge is 0.493 e. The first-order valence-corrected chi connectivity index (χ1v) is 9.51. The average Bonchev–Trinajstić information content (AvgIpc) is 2.78. The monoisotopic (exact) mass is 377 g/mol. The minimum atomic E-state index is -2.96. The van der Waals surface area contributed by atoms with Gasteiger partial charge in [0.05, 0.1) is 23.1 Å². The predicted molar refractivity (Wildman–Crippen MR) is 85.8 cm³/mol. The van der Waals surface area contributed by atoms with E-state index in [0.717, 1.165) is 23.1 Å². The number of benzene rings is 1. The number of ether oxygens (including phenoxy) is 2. The molecule has 0 spiro atoms. The molecule has 5 nitrogen and oxygen atoms in total. The van der Waals surface area contributed by atoms with Crippen molar-refractivity contribution >= 4 is 25.8 Å². The van der Waals surface area contributed by atoms with Gasteiger partial charge in [0.1, 0.15) is 6.10 Å². The second-order valence-electron chi connectivity index (χ2n) is 5.03. The van der Waals surface area contributed by atoms with Crippen LogP contribution in [0.15, 0.2) is 16.6 Å². The highest BCUT2D eigenvalue weighted by molar-refractivity contribution is 9.10. The normalized spacial score (nSPS) is 20.4. The van der Waals surface area contributed by atoms with Gasteiger partial charge in [-0.3, -0.25) is 0 Å². The molecule has 1 atom stereocenters. The van der Waals surface area contributed by atoms with Crippen molar-refractivity contribution in [1.29, 1.82) is 0 Å². The fraction of sp³-hybridized carbons (Fsp3) is 0.571. The first-order valence-electron chi connectivity index (χ1n) is 6.89. The third kappa shape index (κ3) is 4.34. The van der Waals surface area contributed by atoms with Crippen molar-refractivity contribution in [1.82, 2.24) is 5.32 Å². The van der Waals surface area contributed by atoms with Gasteiger partial charge in [-0.2, -0.15) is 0 Å². The fourth-order valence-corrected chi connectivity index (χ4v) is 4.45. The molecule has 0 bridgehead atoms. The molecule has 1 aliphatic rings. The third-order valence-electron chi connectivity index (χ3n) is 3.34. The zero-order valence-corrected chi connectivity index (χ0v) is 14.6. The maximum atomic E-state index is 11.5. The average molecular weight is 378 g/mol. The van der Waals surface area contributed by atoms with E-state index in [1.807, 2.05) is 19.1 Å². The SMILES string of the molecule is CCNCc1cc(Br)c(OC2CCS(=O)(=O)C2)c(OC)c1. The van der Waals surface area contributed by atoms with E-state index in [-0.39, 0.29) is 17.6 Å². The van der Waals surface area contributed by atoms with Crippen LogP contribution >= 0.6 is 15.9 Å². The predicted octanol–water partition coefficient (Wildman–Crippen LogP) is 2.13. The van der Waals surface area contributed by atoms with E-state index < -0.39 is 9.84 Å². The number of nitrogens with one attached hydrogen (secondary N) is 1. The molecule has 1 N–H and O–H groups in total. The van der Waals surface area contributed by atoms with Crippen LogP contribution in [0.1, 0.15) is 18.9 Å². The van der Waals surface area contributed by atoms with Crippen LogP contribution in [0.3, 0.4) is 0 Å². The van der Waals surface area contributed by atoms with Crippen LogP contribution in [0.5, 0.6) is 11.5 Å². The van der Waals surface area contributed by atoms with Gasteiger partial charge >= 0.3 is 0 Å². The molecule has 118 valence electrons. The van der Waals surface area contributed by atoms with Gasteiger partial charge in [-0.05, 0) is 46.6 Å². The van der Waals surface area contributed by atoms with E-state index in [2.05, 4.69) is 21.2 Å². The summed E-state index contributed by atoms with van der Waals surface area (Å²) in [5, 5.41) is 3.25. The molecule has 1 unspecified atom stereocenters. The van der Waals surface area contributed by atoms with E-state index in [9.17, 15) is 8.42 Å². The van der Waals surface area contributed by atoms with Crippen molar-refractivity contribution in [3.63, 3.8) is 0 Å². The van der Waals surface area contributed by atoms with Crippen molar-refractivity contribution in [3.8, 4) is 11.5 Å². The van der Waals surface area contributed by atoms with E-state index in [0.29, 0.717) is 17.9 Å². The first-order chi connectivity index (χ1) is 9.95. The Morgan fingerprint density at radius 1 is 1.43 bits per heavy atom. The van der Waals surface area contributed by atoms with Gasteiger partial charge < -0.3 is 14.8 Å². The molecule has 1 saturated heterocycles. The minimum Gasteiger partial charge on any atom is -0.493 e. The van der Waals surface area contributed by atoms with Gasteiger partial charge in [-0.25, -0.2) is 8.42 Å². The zero-order chi connectivity index (χ0) is 15.5. The Kier molecular flexibility index (Phi) is 5.51. The third-order valence-corrected chi connectivity index (χ3v) is 5.67. The zero-order valence-electron chi connectivity index (χ0n) is 12.2. The van der Waals surface area contributed by atoms with Crippen molar-refractivity contribution in [2.75, 3.05) is 25.2 Å². The van der Waals surface area contributed by atoms with Gasteiger partial charge in [0.2, 0.25) is 0 Å². The van der Waals surface area contributed by atoms with Crippen LogP contribution in [0.4, 0.5) is 0 Å². The lowest BCUT2D eigenvalue weighted by Crippen LogP contribution is -2.18. The van der Waals surface area contributed by atoms with Gasteiger partial charge in [-0.1, -0.05) is 6.92 Å². The van der Waals surface area contributed by atoms with E-state index in [4.69, 9.17) is 9.47 Å². The van der Waals surface area contributed by atoms with Crippen LogP contribution in [0, 0.1) is 0 Å². The molecule has 0 amide bonds. The number of methoxy groups -OCH3 is 1. The van der Waals surface area contributed by atoms with Crippen molar-refractivity contribution in [2.24, 2.45) is 0 Å². The lowest BCUT2D eigenvalue weighted by Gasteiger charge is -2.18. The molecule has 2 rings (SSSR count). The van der Waals surface area contributed by atoms with Crippen molar-refractivity contribution in [2.45, 2.75) is 26.0 Å². The molecule has 1 heterocycles. The van der Waals surface area contributed by atoms with E-state index in [1.165, 1.54) is 0 Å². The van der Waals surface area contributed by atoms with Gasteiger partial charge in [-0.15, -0.1) is 0 Å². The highest BCUT2D eigenvalue weighted by atomic mass is 79.9. The highest BCUT2D eigenvalue weighted by Gasteiger charge is 2.30. The highest BCUT2D eigenvalue weighted by Crippen LogP contribution is 2.38. The Balaban J connectivity index is 2.19. The van der Waals surface area contributed by atoms with Gasteiger partial charge in [0.15, 0.2) is 21.3 Å². The Hall–Kier alpha value is -0.790. The van der Waals surface area contributed by atoms with Crippen LogP contribution in [-0.4, -0.2) is 39.7 Å². The molecular formula is C14H20BrNO4S. The van der Waals surface area contributed by atoms with Crippen LogP contribution in [-0.2, 0) is 16.4 Å². The quantitative estimate of drug-likeness (QED) is 0.822. The lowest BCUT2D eigenvalue weighted by molar-refractivity contribution is 0.216. The summed E-state index contributed by atoms with van der Waals surface area (Å²) in [4.78, 5) is 0. The number of halogens is 1. The first kappa shape index (κ1) is 16.6. The maximum Gasteiger partial charge on any atom is 0.175 e. The van der Waals surface area contributed by atoms with Gasteiger partial charge in [0.25, 0.3) is 0 Å². The summed E-state index contributed by atoms with van der Waals surface area (Å²) >= 11 is 3.48. The number of hydrogen-bond acceptors (Lipinski definition) is 5. The summed E-state index contributed by atoms with van der Waals surface area (Å²) in [6, 6.07) is 3.87. The molecule has 1 fully saturated rings. The van der Waals surface area contributed by atoms with Crippen molar-refractivity contribution < 1.29 is 17.9 Å². The topological polar surface area (TPSA) is 64.6 Å². The van der Waals surface area contributed by atoms with E-state index >= 15 is 0 Å². The number of hydrogen-bond donors (Lipinski definition) is 1. The Morgan fingerprint density at radius 2 is 2.19 bits per heavy atom. The van der Waals surface area contributed by atoms with Crippen molar-refractivity contribution in [3.05, 3.63) is 22.2 Å². The standard InChI is InChI=1S/C14H20BrNO4S/c1-3-16-8-10-6-12(15)14(13(7-10)19-2)20-11-4-5-21(17,18)9-11/h6-7,11,16H,3-5,8-9H2,1-2H3. The van der Waals surface area contributed by atoms with E-state index in [1.54, 1.807) is 7.11 Å². The molecule has 0 aliphatic carbocycles. The molecule has 0 aromatic heterocycles. The molecule has 1 aromatic carbocycles. The minimum absolute atomic E-state index is 0.0712. The summed E-state index contributed by atoms with van der Waals surface area (Å²) in [7, 11) is -1.38. The van der Waals surface area contributed by atoms with Crippen LogP contribution in [0.2, 0.25) is 0 Å².